The van der Waals surface area contributed by atoms with Crippen molar-refractivity contribution in [2.45, 2.75) is 69.5 Å². The van der Waals surface area contributed by atoms with Crippen LogP contribution in [0.4, 0.5) is 5.69 Å². The van der Waals surface area contributed by atoms with Crippen molar-refractivity contribution >= 4 is 50.7 Å². The minimum Gasteiger partial charge on any atom is -0.352 e. The number of carbonyl (C=O) groups is 2. The van der Waals surface area contributed by atoms with Gasteiger partial charge in [0.05, 0.1) is 10.6 Å². The van der Waals surface area contributed by atoms with Gasteiger partial charge in [0.1, 0.15) is 12.6 Å². The normalized spacial score (nSPS) is 14.0. The van der Waals surface area contributed by atoms with Gasteiger partial charge in [0.15, 0.2) is 0 Å². The first kappa shape index (κ1) is 34.5. The van der Waals surface area contributed by atoms with Gasteiger partial charge in [-0.25, -0.2) is 8.42 Å². The zero-order valence-corrected chi connectivity index (χ0v) is 28.9. The molecule has 0 heterocycles. The fourth-order valence-corrected chi connectivity index (χ4v) is 7.99. The topological polar surface area (TPSA) is 86.8 Å². The van der Waals surface area contributed by atoms with Gasteiger partial charge in [-0.05, 0) is 85.3 Å². The first-order chi connectivity index (χ1) is 22.5. The van der Waals surface area contributed by atoms with Crippen LogP contribution in [0.25, 0.3) is 0 Å². The smallest absolute Gasteiger partial charge is 0.264 e. The maximum atomic E-state index is 14.7. The highest BCUT2D eigenvalue weighted by atomic mass is 35.5. The number of nitrogens with one attached hydrogen (secondary N) is 1. The Hall–Kier alpha value is -3.85. The predicted octanol–water partition coefficient (Wildman–Crippen LogP) is 7.50. The van der Waals surface area contributed by atoms with Crippen LogP contribution in [0.1, 0.15) is 47.9 Å². The van der Waals surface area contributed by atoms with E-state index in [2.05, 4.69) is 5.32 Å². The van der Waals surface area contributed by atoms with Crippen molar-refractivity contribution in [2.24, 2.45) is 0 Å². The molecule has 5 rings (SSSR count). The van der Waals surface area contributed by atoms with E-state index in [9.17, 15) is 18.0 Å². The van der Waals surface area contributed by atoms with Gasteiger partial charge in [0.2, 0.25) is 11.8 Å². The fraction of sp³-hybridized carbons (Fsp3) is 0.297. The van der Waals surface area contributed by atoms with Gasteiger partial charge in [-0.1, -0.05) is 96.7 Å². The number of hydrogen-bond acceptors (Lipinski definition) is 4. The molecule has 0 aliphatic heterocycles. The van der Waals surface area contributed by atoms with Crippen molar-refractivity contribution < 1.29 is 18.0 Å². The minimum atomic E-state index is -4.18. The number of rotatable bonds is 12. The Morgan fingerprint density at radius 3 is 2.09 bits per heavy atom. The van der Waals surface area contributed by atoms with E-state index in [1.807, 2.05) is 50.2 Å². The number of amides is 2. The molecule has 4 aromatic carbocycles. The van der Waals surface area contributed by atoms with Crippen LogP contribution in [0.15, 0.2) is 102 Å². The highest BCUT2D eigenvalue weighted by Crippen LogP contribution is 2.29. The SMILES string of the molecule is Cc1cc(C)cc(N(CC(=O)N(Cc2ccc(Cl)cc2Cl)[C@H](Cc2ccccc2)C(=O)NC2CCCC2)S(=O)(=O)c2ccccc2)c1. The molecule has 1 atom stereocenters. The first-order valence-corrected chi connectivity index (χ1v) is 17.9. The van der Waals surface area contributed by atoms with E-state index >= 15 is 0 Å². The average Bonchev–Trinajstić information content (AvgIpc) is 3.55. The van der Waals surface area contributed by atoms with Crippen LogP contribution in [0.3, 0.4) is 0 Å². The molecule has 10 heteroatoms. The largest absolute Gasteiger partial charge is 0.352 e. The van der Waals surface area contributed by atoms with Crippen molar-refractivity contribution in [3.05, 3.63) is 129 Å². The number of aryl methyl sites for hydroxylation is 2. The number of hydrogen-bond donors (Lipinski definition) is 1. The third-order valence-electron chi connectivity index (χ3n) is 8.43. The van der Waals surface area contributed by atoms with E-state index in [1.54, 1.807) is 48.5 Å². The molecule has 0 unspecified atom stereocenters. The van der Waals surface area contributed by atoms with E-state index in [1.165, 1.54) is 17.0 Å². The Morgan fingerprint density at radius 1 is 0.851 bits per heavy atom. The Kier molecular flexibility index (Phi) is 11.3. The van der Waals surface area contributed by atoms with Gasteiger partial charge in [-0.2, -0.15) is 0 Å². The molecule has 1 aliphatic carbocycles. The molecule has 0 radical (unpaired) electrons. The van der Waals surface area contributed by atoms with Crippen LogP contribution < -0.4 is 9.62 Å². The minimum absolute atomic E-state index is 0.0158. The van der Waals surface area contributed by atoms with Gasteiger partial charge in [0.25, 0.3) is 10.0 Å². The lowest BCUT2D eigenvalue weighted by Crippen LogP contribution is -2.54. The molecule has 47 heavy (non-hydrogen) atoms. The maximum absolute atomic E-state index is 14.7. The first-order valence-electron chi connectivity index (χ1n) is 15.7. The molecule has 0 spiro atoms. The number of nitrogens with zero attached hydrogens (tertiary/aromatic N) is 2. The Labute approximate surface area is 287 Å². The molecule has 7 nitrogen and oxygen atoms in total. The summed E-state index contributed by atoms with van der Waals surface area (Å²) in [5.41, 5.74) is 3.51. The summed E-state index contributed by atoms with van der Waals surface area (Å²) in [4.78, 5) is 30.4. The summed E-state index contributed by atoms with van der Waals surface area (Å²) < 4.78 is 29.6. The summed E-state index contributed by atoms with van der Waals surface area (Å²) in [5, 5.41) is 3.96. The summed E-state index contributed by atoms with van der Waals surface area (Å²) in [6, 6.07) is 27.0. The Bertz CT molecular complexity index is 1790. The lowest BCUT2D eigenvalue weighted by molar-refractivity contribution is -0.140. The molecule has 2 amide bonds. The van der Waals surface area contributed by atoms with E-state index < -0.39 is 28.5 Å². The molecular formula is C37H39Cl2N3O4S. The predicted molar refractivity (Wildman–Crippen MR) is 188 cm³/mol. The van der Waals surface area contributed by atoms with Crippen LogP contribution in [0, 0.1) is 13.8 Å². The fourth-order valence-electron chi connectivity index (χ4n) is 6.10. The monoisotopic (exact) mass is 691 g/mol. The number of carbonyl (C=O) groups excluding carboxylic acids is 2. The summed E-state index contributed by atoms with van der Waals surface area (Å²) in [6.07, 6.45) is 4.03. The molecule has 0 bridgehead atoms. The summed E-state index contributed by atoms with van der Waals surface area (Å²) in [7, 11) is -4.18. The Morgan fingerprint density at radius 2 is 1.47 bits per heavy atom. The second kappa shape index (κ2) is 15.4. The van der Waals surface area contributed by atoms with E-state index in [0.717, 1.165) is 46.7 Å². The zero-order chi connectivity index (χ0) is 33.6. The van der Waals surface area contributed by atoms with Crippen LogP contribution in [-0.2, 0) is 32.6 Å². The van der Waals surface area contributed by atoms with Crippen molar-refractivity contribution in [3.8, 4) is 0 Å². The average molecular weight is 693 g/mol. The number of anilines is 1. The van der Waals surface area contributed by atoms with Crippen LogP contribution in [0.2, 0.25) is 10.0 Å². The highest BCUT2D eigenvalue weighted by molar-refractivity contribution is 7.92. The van der Waals surface area contributed by atoms with E-state index in [0.29, 0.717) is 21.3 Å². The molecule has 1 N–H and O–H groups in total. The quantitative estimate of drug-likeness (QED) is 0.167. The van der Waals surface area contributed by atoms with Crippen LogP contribution >= 0.6 is 23.2 Å². The number of halogens is 2. The molecule has 4 aromatic rings. The van der Waals surface area contributed by atoms with Crippen molar-refractivity contribution in [2.75, 3.05) is 10.8 Å². The van der Waals surface area contributed by atoms with Crippen molar-refractivity contribution in [1.82, 2.24) is 10.2 Å². The van der Waals surface area contributed by atoms with Gasteiger partial charge in [0, 0.05) is 29.1 Å². The Balaban J connectivity index is 1.60. The summed E-state index contributed by atoms with van der Waals surface area (Å²) in [5.74, 6) is -0.833. The molecule has 0 aromatic heterocycles. The molecule has 1 fully saturated rings. The third kappa shape index (κ3) is 8.74. The molecule has 0 saturated heterocycles. The van der Waals surface area contributed by atoms with Gasteiger partial charge in [-0.3, -0.25) is 13.9 Å². The molecule has 1 aliphatic rings. The summed E-state index contributed by atoms with van der Waals surface area (Å²) >= 11 is 12.8. The molecule has 1 saturated carbocycles. The lowest BCUT2D eigenvalue weighted by Gasteiger charge is -2.34. The maximum Gasteiger partial charge on any atom is 0.264 e. The van der Waals surface area contributed by atoms with Crippen LogP contribution in [0.5, 0.6) is 0 Å². The summed E-state index contributed by atoms with van der Waals surface area (Å²) in [6.45, 7) is 3.19. The standard InChI is InChI=1S/C37H39Cl2N3O4S/c1-26-19-27(2)21-32(20-26)42(47(45,46)33-15-7-4-8-16-33)25-36(43)41(24-29-17-18-30(38)23-34(29)39)35(22-28-11-5-3-6-12-28)37(44)40-31-13-9-10-14-31/h3-8,11-12,15-21,23,31,35H,9-10,13-14,22,24-25H2,1-2H3,(H,40,44)/t35-/m1/s1. The van der Waals surface area contributed by atoms with Crippen molar-refractivity contribution in [3.63, 3.8) is 0 Å². The van der Waals surface area contributed by atoms with Crippen molar-refractivity contribution in [1.29, 1.82) is 0 Å². The second-order valence-corrected chi connectivity index (χ2v) is 14.8. The van der Waals surface area contributed by atoms with Gasteiger partial charge in [-0.15, -0.1) is 0 Å². The lowest BCUT2D eigenvalue weighted by atomic mass is 10.0. The highest BCUT2D eigenvalue weighted by Gasteiger charge is 2.36. The van der Waals surface area contributed by atoms with Crippen LogP contribution in [-0.4, -0.2) is 43.8 Å². The van der Waals surface area contributed by atoms with Gasteiger partial charge < -0.3 is 10.2 Å². The number of benzene rings is 4. The van der Waals surface area contributed by atoms with E-state index in [-0.39, 0.29) is 29.8 Å². The van der Waals surface area contributed by atoms with Gasteiger partial charge >= 0.3 is 0 Å². The number of sulfonamides is 1. The van der Waals surface area contributed by atoms with E-state index in [4.69, 9.17) is 23.2 Å². The molecular weight excluding hydrogens is 653 g/mol. The second-order valence-electron chi connectivity index (χ2n) is 12.1. The molecule has 246 valence electrons. The zero-order valence-electron chi connectivity index (χ0n) is 26.5. The third-order valence-corrected chi connectivity index (χ3v) is 10.8.